The molecule has 1 fully saturated rings. The smallest absolute Gasteiger partial charge is 0.140 e. The second-order valence-electron chi connectivity index (χ2n) is 6.09. The van der Waals surface area contributed by atoms with E-state index in [9.17, 15) is 4.79 Å². The monoisotopic (exact) mass is 281 g/mol. The van der Waals surface area contributed by atoms with Crippen LogP contribution in [0.2, 0.25) is 0 Å². The van der Waals surface area contributed by atoms with Crippen molar-refractivity contribution in [1.82, 2.24) is 9.55 Å². The van der Waals surface area contributed by atoms with Crippen LogP contribution in [0.1, 0.15) is 42.5 Å². The van der Waals surface area contributed by atoms with E-state index in [1.807, 2.05) is 24.0 Å². The average molecular weight is 281 g/mol. The number of anilines is 1. The fourth-order valence-electron chi connectivity index (χ4n) is 3.75. The molecule has 3 heterocycles. The van der Waals surface area contributed by atoms with Gasteiger partial charge in [-0.2, -0.15) is 0 Å². The molecular formula is C17H19N3O. The Kier molecular flexibility index (Phi) is 2.84. The third kappa shape index (κ3) is 1.97. The first-order valence-electron chi connectivity index (χ1n) is 7.60. The lowest BCUT2D eigenvalue weighted by Crippen LogP contribution is -2.40. The molecule has 108 valence electrons. The first kappa shape index (κ1) is 12.6. The molecule has 2 atom stereocenters. The van der Waals surface area contributed by atoms with Crippen LogP contribution in [0.4, 0.5) is 5.69 Å². The Morgan fingerprint density at radius 1 is 1.29 bits per heavy atom. The standard InChI is InChI=1S/C17H19N3O/c1-19-10-14(18-11-19)16-9-13-12-5-2-3-6-15(12)20(16)8-4-7-17(13)21/h2-3,5-6,10-11,13,16H,4,7-9H2,1H3. The van der Waals surface area contributed by atoms with Crippen LogP contribution in [0.5, 0.6) is 0 Å². The zero-order valence-corrected chi connectivity index (χ0v) is 12.2. The van der Waals surface area contributed by atoms with Gasteiger partial charge in [-0.05, 0) is 24.5 Å². The van der Waals surface area contributed by atoms with Crippen molar-refractivity contribution in [3.8, 4) is 0 Å². The maximum absolute atomic E-state index is 12.5. The second-order valence-corrected chi connectivity index (χ2v) is 6.09. The normalized spacial score (nSPS) is 24.6. The summed E-state index contributed by atoms with van der Waals surface area (Å²) in [5.74, 6) is 0.424. The first-order chi connectivity index (χ1) is 10.2. The van der Waals surface area contributed by atoms with Crippen LogP contribution in [0.3, 0.4) is 0 Å². The van der Waals surface area contributed by atoms with Gasteiger partial charge in [-0.1, -0.05) is 18.2 Å². The number of para-hydroxylation sites is 1. The minimum Gasteiger partial charge on any atom is -0.363 e. The molecule has 2 unspecified atom stereocenters. The molecule has 1 aromatic carbocycles. The fourth-order valence-corrected chi connectivity index (χ4v) is 3.75. The van der Waals surface area contributed by atoms with Gasteiger partial charge in [0.25, 0.3) is 0 Å². The van der Waals surface area contributed by atoms with Crippen molar-refractivity contribution in [1.29, 1.82) is 0 Å². The molecule has 4 rings (SSSR count). The first-order valence-corrected chi connectivity index (χ1v) is 7.60. The summed E-state index contributed by atoms with van der Waals surface area (Å²) >= 11 is 0. The minimum absolute atomic E-state index is 0.0322. The van der Waals surface area contributed by atoms with Crippen molar-refractivity contribution in [2.24, 2.45) is 7.05 Å². The van der Waals surface area contributed by atoms with E-state index in [1.54, 1.807) is 0 Å². The Labute approximate surface area is 124 Å². The van der Waals surface area contributed by atoms with Gasteiger partial charge in [0, 0.05) is 37.8 Å². The number of benzene rings is 1. The maximum Gasteiger partial charge on any atom is 0.140 e. The Morgan fingerprint density at radius 2 is 2.14 bits per heavy atom. The summed E-state index contributed by atoms with van der Waals surface area (Å²) in [6.45, 7) is 0.927. The van der Waals surface area contributed by atoms with Crippen molar-refractivity contribution in [3.05, 3.63) is 48.0 Å². The minimum atomic E-state index is 0.0322. The number of rotatable bonds is 1. The van der Waals surface area contributed by atoms with Crippen LogP contribution in [0.15, 0.2) is 36.8 Å². The zero-order valence-electron chi connectivity index (χ0n) is 12.2. The molecule has 2 bridgehead atoms. The quantitative estimate of drug-likeness (QED) is 0.806. The van der Waals surface area contributed by atoms with Crippen molar-refractivity contribution in [2.45, 2.75) is 31.2 Å². The van der Waals surface area contributed by atoms with Crippen LogP contribution in [-0.2, 0) is 11.8 Å². The largest absolute Gasteiger partial charge is 0.363 e. The Morgan fingerprint density at radius 3 is 2.95 bits per heavy atom. The summed E-state index contributed by atoms with van der Waals surface area (Å²) < 4.78 is 1.98. The molecule has 0 N–H and O–H groups in total. The molecule has 2 aromatic rings. The molecule has 1 saturated heterocycles. The summed E-state index contributed by atoms with van der Waals surface area (Å²) in [7, 11) is 1.99. The molecule has 0 saturated carbocycles. The molecule has 0 amide bonds. The highest BCUT2D eigenvalue weighted by Crippen LogP contribution is 2.46. The molecule has 4 nitrogen and oxygen atoms in total. The summed E-state index contributed by atoms with van der Waals surface area (Å²) in [6, 6.07) is 8.59. The van der Waals surface area contributed by atoms with E-state index in [0.29, 0.717) is 12.2 Å². The summed E-state index contributed by atoms with van der Waals surface area (Å²) in [4.78, 5) is 19.5. The summed E-state index contributed by atoms with van der Waals surface area (Å²) in [5, 5.41) is 0. The van der Waals surface area contributed by atoms with Gasteiger partial charge in [0.1, 0.15) is 5.78 Å². The van der Waals surface area contributed by atoms with Gasteiger partial charge in [-0.3, -0.25) is 4.79 Å². The van der Waals surface area contributed by atoms with Gasteiger partial charge in [-0.25, -0.2) is 4.98 Å². The molecule has 0 aliphatic carbocycles. The molecule has 4 heteroatoms. The molecule has 0 radical (unpaired) electrons. The van der Waals surface area contributed by atoms with Crippen molar-refractivity contribution in [3.63, 3.8) is 0 Å². The topological polar surface area (TPSA) is 38.1 Å². The number of hydrogen-bond acceptors (Lipinski definition) is 3. The van der Waals surface area contributed by atoms with E-state index in [4.69, 9.17) is 0 Å². The Bertz CT molecular complexity index is 691. The van der Waals surface area contributed by atoms with E-state index in [-0.39, 0.29) is 12.0 Å². The Hall–Kier alpha value is -2.10. The average Bonchev–Trinajstić information content (AvgIpc) is 2.90. The number of carbonyl (C=O) groups excluding carboxylic acids is 1. The number of carbonyl (C=O) groups is 1. The molecule has 2 aliphatic rings. The second kappa shape index (κ2) is 4.72. The third-order valence-electron chi connectivity index (χ3n) is 4.73. The number of nitrogens with zero attached hydrogens (tertiary/aromatic N) is 3. The van der Waals surface area contributed by atoms with Crippen molar-refractivity contribution < 1.29 is 4.79 Å². The summed E-state index contributed by atoms with van der Waals surface area (Å²) in [5.41, 5.74) is 3.50. The lowest BCUT2D eigenvalue weighted by molar-refractivity contribution is -0.121. The Balaban J connectivity index is 1.85. The van der Waals surface area contributed by atoms with E-state index in [0.717, 1.165) is 25.1 Å². The lowest BCUT2D eigenvalue weighted by atomic mass is 9.79. The van der Waals surface area contributed by atoms with Crippen molar-refractivity contribution in [2.75, 3.05) is 11.4 Å². The van der Waals surface area contributed by atoms with Gasteiger partial charge in [-0.15, -0.1) is 0 Å². The van der Waals surface area contributed by atoms with Crippen LogP contribution < -0.4 is 4.90 Å². The highest BCUT2D eigenvalue weighted by molar-refractivity contribution is 5.89. The fraction of sp³-hybridized carbons (Fsp3) is 0.412. The highest BCUT2D eigenvalue weighted by Gasteiger charge is 2.38. The van der Waals surface area contributed by atoms with Crippen LogP contribution in [0, 0.1) is 0 Å². The molecule has 0 spiro atoms. The SMILES string of the molecule is Cn1cnc(C2CC3C(=O)CCCN2c2ccccc23)c1. The van der Waals surface area contributed by atoms with Crippen LogP contribution >= 0.6 is 0 Å². The van der Waals surface area contributed by atoms with Gasteiger partial charge in [0.15, 0.2) is 0 Å². The number of aromatic nitrogens is 2. The van der Waals surface area contributed by atoms with E-state index >= 15 is 0 Å². The molecule has 2 aliphatic heterocycles. The number of ketones is 1. The van der Waals surface area contributed by atoms with Gasteiger partial charge in [0.2, 0.25) is 0 Å². The van der Waals surface area contributed by atoms with Crippen LogP contribution in [0.25, 0.3) is 0 Å². The predicted octanol–water partition coefficient (Wildman–Crippen LogP) is 2.82. The van der Waals surface area contributed by atoms with Gasteiger partial charge < -0.3 is 9.47 Å². The van der Waals surface area contributed by atoms with Gasteiger partial charge >= 0.3 is 0 Å². The number of Topliss-reactive ketones (excluding diaryl/α,β-unsaturated/α-hetero) is 1. The number of fused-ring (bicyclic) bond motifs is 6. The van der Waals surface area contributed by atoms with E-state index < -0.39 is 0 Å². The number of aryl methyl sites for hydroxylation is 1. The maximum atomic E-state index is 12.5. The molecule has 1 aromatic heterocycles. The zero-order chi connectivity index (χ0) is 14.4. The summed E-state index contributed by atoms with van der Waals surface area (Å²) in [6.07, 6.45) is 6.41. The number of hydrogen-bond donors (Lipinski definition) is 0. The lowest BCUT2D eigenvalue weighted by Gasteiger charge is -2.43. The van der Waals surface area contributed by atoms with Crippen LogP contribution in [-0.4, -0.2) is 21.9 Å². The highest BCUT2D eigenvalue weighted by atomic mass is 16.1. The van der Waals surface area contributed by atoms with E-state index in [1.165, 1.54) is 11.3 Å². The predicted molar refractivity (Wildman–Crippen MR) is 81.3 cm³/mol. The third-order valence-corrected chi connectivity index (χ3v) is 4.73. The molecular weight excluding hydrogens is 262 g/mol. The van der Waals surface area contributed by atoms with Gasteiger partial charge in [0.05, 0.1) is 18.1 Å². The number of imidazole rings is 1. The molecule has 21 heavy (non-hydrogen) atoms. The van der Waals surface area contributed by atoms with E-state index in [2.05, 4.69) is 34.3 Å². The van der Waals surface area contributed by atoms with Crippen molar-refractivity contribution >= 4 is 11.5 Å².